The van der Waals surface area contributed by atoms with E-state index in [4.69, 9.17) is 18.3 Å². The van der Waals surface area contributed by atoms with Crippen LogP contribution >= 0.6 is 19.6 Å². The average Bonchev–Trinajstić information content (AvgIpc) is 2.77. The van der Waals surface area contributed by atoms with Gasteiger partial charge in [0.05, 0.1) is 25.4 Å². The molecule has 0 aliphatic rings. The quantitative estimate of drug-likeness (QED) is 0.0950. The van der Waals surface area contributed by atoms with Gasteiger partial charge in [-0.25, -0.2) is 4.57 Å². The number of ether oxygens (including phenoxy) is 1. The van der Waals surface area contributed by atoms with E-state index < -0.39 is 19.5 Å². The Morgan fingerprint density at radius 2 is 1.29 bits per heavy atom. The largest absolute Gasteiger partial charge is 0.475 e. The van der Waals surface area contributed by atoms with Gasteiger partial charge in [-0.3, -0.25) is 13.6 Å². The number of phosphoric acid groups is 1. The Hall–Kier alpha value is 0.380. The maximum absolute atomic E-state index is 12.7. The van der Waals surface area contributed by atoms with Crippen LogP contribution in [0.25, 0.3) is 0 Å². The third-order valence-corrected chi connectivity index (χ3v) is 7.93. The molecule has 0 aromatic carbocycles. The zero-order chi connectivity index (χ0) is 25.5. The highest BCUT2D eigenvalue weighted by molar-refractivity contribution is 7.99. The molecule has 0 bridgehead atoms. The van der Waals surface area contributed by atoms with E-state index in [-0.39, 0.29) is 19.8 Å². The SMILES string of the molecule is CCCCCCCCSCCCCCCCCOC[C@H](O)COP(=O)(OCCC)OC(C)(C)C. The number of hydrogen-bond acceptors (Lipinski definition) is 7. The highest BCUT2D eigenvalue weighted by atomic mass is 32.2. The molecule has 0 aromatic heterocycles. The van der Waals surface area contributed by atoms with E-state index in [1.165, 1.54) is 75.7 Å². The van der Waals surface area contributed by atoms with Gasteiger partial charge in [-0.2, -0.15) is 11.8 Å². The minimum atomic E-state index is -3.71. The van der Waals surface area contributed by atoms with E-state index >= 15 is 0 Å². The molecule has 0 amide bonds. The maximum atomic E-state index is 12.7. The Kier molecular flexibility index (Phi) is 22.8. The van der Waals surface area contributed by atoms with Gasteiger partial charge in [0.2, 0.25) is 0 Å². The lowest BCUT2D eigenvalue weighted by atomic mass is 10.1. The van der Waals surface area contributed by atoms with Crippen LogP contribution in [0.4, 0.5) is 0 Å². The predicted molar refractivity (Wildman–Crippen MR) is 146 cm³/mol. The molecule has 1 unspecified atom stereocenters. The van der Waals surface area contributed by atoms with Crippen LogP contribution in [0.1, 0.15) is 118 Å². The van der Waals surface area contributed by atoms with Crippen LogP contribution in [0.3, 0.4) is 0 Å². The van der Waals surface area contributed by atoms with Gasteiger partial charge in [-0.15, -0.1) is 0 Å². The van der Waals surface area contributed by atoms with Gasteiger partial charge in [0.15, 0.2) is 0 Å². The molecule has 1 N–H and O–H groups in total. The molecule has 0 aliphatic carbocycles. The van der Waals surface area contributed by atoms with Crippen LogP contribution in [0.2, 0.25) is 0 Å². The van der Waals surface area contributed by atoms with E-state index in [1.807, 2.05) is 6.92 Å². The van der Waals surface area contributed by atoms with Crippen LogP contribution in [0.15, 0.2) is 0 Å². The summed E-state index contributed by atoms with van der Waals surface area (Å²) in [5, 5.41) is 10.1. The van der Waals surface area contributed by atoms with Gasteiger partial charge in [-0.1, -0.05) is 71.6 Å². The first-order valence-corrected chi connectivity index (χ1v) is 16.3. The summed E-state index contributed by atoms with van der Waals surface area (Å²) in [5.41, 5.74) is -0.670. The second kappa shape index (κ2) is 22.6. The fourth-order valence-corrected chi connectivity index (χ4v) is 5.91. The van der Waals surface area contributed by atoms with Gasteiger partial charge in [0.25, 0.3) is 0 Å². The van der Waals surface area contributed by atoms with Crippen molar-refractivity contribution in [2.24, 2.45) is 0 Å². The van der Waals surface area contributed by atoms with Gasteiger partial charge < -0.3 is 9.84 Å². The second-order valence-corrected chi connectivity index (χ2v) is 12.8. The summed E-state index contributed by atoms with van der Waals surface area (Å²) in [6.45, 7) is 10.4. The number of hydrogen-bond donors (Lipinski definition) is 1. The average molecular weight is 527 g/mol. The lowest BCUT2D eigenvalue weighted by Gasteiger charge is -2.26. The first-order chi connectivity index (χ1) is 16.2. The van der Waals surface area contributed by atoms with Gasteiger partial charge in [0.1, 0.15) is 6.10 Å². The number of aliphatic hydroxyl groups is 1. The van der Waals surface area contributed by atoms with Gasteiger partial charge in [-0.05, 0) is 58.0 Å². The highest BCUT2D eigenvalue weighted by Gasteiger charge is 2.33. The molecule has 34 heavy (non-hydrogen) atoms. The number of thioether (sulfide) groups is 1. The molecule has 0 rings (SSSR count). The van der Waals surface area contributed by atoms with Crippen molar-refractivity contribution in [3.8, 4) is 0 Å². The zero-order valence-electron chi connectivity index (χ0n) is 22.9. The molecule has 206 valence electrons. The summed E-state index contributed by atoms with van der Waals surface area (Å²) in [4.78, 5) is 0. The normalized spacial score (nSPS) is 14.9. The Morgan fingerprint density at radius 1 is 0.735 bits per heavy atom. The van der Waals surface area contributed by atoms with Crippen molar-refractivity contribution in [1.29, 1.82) is 0 Å². The zero-order valence-corrected chi connectivity index (χ0v) is 24.6. The molecular weight excluding hydrogens is 471 g/mol. The minimum absolute atomic E-state index is 0.145. The monoisotopic (exact) mass is 526 g/mol. The third-order valence-electron chi connectivity index (χ3n) is 5.04. The molecule has 0 aromatic rings. The first-order valence-electron chi connectivity index (χ1n) is 13.7. The molecular formula is C26H55O6PS. The molecule has 6 nitrogen and oxygen atoms in total. The first kappa shape index (κ1) is 34.4. The minimum Gasteiger partial charge on any atom is -0.388 e. The van der Waals surface area contributed by atoms with Crippen molar-refractivity contribution in [1.82, 2.24) is 0 Å². The number of aliphatic hydroxyl groups excluding tert-OH is 1. The summed E-state index contributed by atoms with van der Waals surface area (Å²) in [6, 6.07) is 0. The number of unbranched alkanes of at least 4 members (excludes halogenated alkanes) is 10. The molecule has 2 atom stereocenters. The lowest BCUT2D eigenvalue weighted by molar-refractivity contribution is -0.0123. The van der Waals surface area contributed by atoms with Crippen LogP contribution in [-0.4, -0.2) is 54.7 Å². The van der Waals surface area contributed by atoms with E-state index in [2.05, 4.69) is 18.7 Å². The fraction of sp³-hybridized carbons (Fsp3) is 1.00. The van der Waals surface area contributed by atoms with Crippen molar-refractivity contribution in [3.05, 3.63) is 0 Å². The maximum Gasteiger partial charge on any atom is 0.475 e. The Bertz CT molecular complexity index is 486. The predicted octanol–water partition coefficient (Wildman–Crippen LogP) is 8.16. The van der Waals surface area contributed by atoms with E-state index in [9.17, 15) is 9.67 Å². The van der Waals surface area contributed by atoms with Crippen molar-refractivity contribution >= 4 is 19.6 Å². The summed E-state index contributed by atoms with van der Waals surface area (Å²) in [5.74, 6) is 2.63. The number of rotatable bonds is 25. The van der Waals surface area contributed by atoms with E-state index in [0.29, 0.717) is 13.0 Å². The standard InChI is InChI=1S/C26H55O6PS/c1-6-8-9-10-14-17-21-34-22-18-15-12-11-13-16-20-29-23-25(27)24-31-33(28,30-19-7-2)32-26(3,4)5/h25,27H,6-24H2,1-5H3/t25-,33?/m0/s1. The van der Waals surface area contributed by atoms with Crippen LogP contribution < -0.4 is 0 Å². The second-order valence-electron chi connectivity index (χ2n) is 10.0. The summed E-state index contributed by atoms with van der Waals surface area (Å²) >= 11 is 2.12. The highest BCUT2D eigenvalue weighted by Crippen LogP contribution is 2.52. The molecule has 8 heteroatoms. The molecule has 0 aliphatic heterocycles. The number of phosphoric ester groups is 1. The summed E-state index contributed by atoms with van der Waals surface area (Å²) < 4.78 is 34.4. The molecule has 0 radical (unpaired) electrons. The molecule has 0 saturated heterocycles. The van der Waals surface area contributed by atoms with Crippen molar-refractivity contribution in [2.75, 3.05) is 37.9 Å². The van der Waals surface area contributed by atoms with Crippen LogP contribution in [0.5, 0.6) is 0 Å². The molecule has 0 heterocycles. The van der Waals surface area contributed by atoms with Crippen LogP contribution in [-0.2, 0) is 22.9 Å². The Balaban J connectivity index is 3.58. The third kappa shape index (κ3) is 24.1. The Labute approximate surface area is 215 Å². The lowest BCUT2D eigenvalue weighted by Crippen LogP contribution is -2.24. The Morgan fingerprint density at radius 3 is 1.85 bits per heavy atom. The topological polar surface area (TPSA) is 74.2 Å². The summed E-state index contributed by atoms with van der Waals surface area (Å²) in [7, 11) is -3.71. The summed E-state index contributed by atoms with van der Waals surface area (Å²) in [6.07, 6.45) is 15.5. The smallest absolute Gasteiger partial charge is 0.388 e. The van der Waals surface area contributed by atoms with Crippen LogP contribution in [0, 0.1) is 0 Å². The van der Waals surface area contributed by atoms with Crippen molar-refractivity contribution in [3.63, 3.8) is 0 Å². The fourth-order valence-electron chi connectivity index (χ4n) is 3.28. The van der Waals surface area contributed by atoms with Gasteiger partial charge >= 0.3 is 7.82 Å². The van der Waals surface area contributed by atoms with E-state index in [0.717, 1.165) is 12.8 Å². The molecule has 0 saturated carbocycles. The van der Waals surface area contributed by atoms with E-state index in [1.54, 1.807) is 20.8 Å². The molecule has 0 spiro atoms. The van der Waals surface area contributed by atoms with Crippen molar-refractivity contribution < 1.29 is 28.0 Å². The van der Waals surface area contributed by atoms with Crippen molar-refractivity contribution in [2.45, 2.75) is 130 Å². The molecule has 0 fully saturated rings. The van der Waals surface area contributed by atoms with Gasteiger partial charge in [0, 0.05) is 6.61 Å².